The van der Waals surface area contributed by atoms with Crippen molar-refractivity contribution in [3.05, 3.63) is 53.6 Å². The molecule has 3 rings (SSSR count). The van der Waals surface area contributed by atoms with E-state index in [2.05, 4.69) is 66.9 Å². The molecule has 0 saturated heterocycles. The predicted octanol–water partition coefficient (Wildman–Crippen LogP) is 5.63. The molecule has 0 spiro atoms. The van der Waals surface area contributed by atoms with Gasteiger partial charge in [0.2, 0.25) is 0 Å². The quantitative estimate of drug-likeness (QED) is 0.512. The van der Waals surface area contributed by atoms with E-state index in [0.717, 1.165) is 17.9 Å². The second-order valence-electron chi connectivity index (χ2n) is 9.57. The van der Waals surface area contributed by atoms with Crippen LogP contribution in [0.1, 0.15) is 64.5 Å². The van der Waals surface area contributed by atoms with E-state index in [1.807, 2.05) is 20.8 Å². The van der Waals surface area contributed by atoms with Crippen molar-refractivity contribution in [3.63, 3.8) is 0 Å². The Kier molecular flexibility index (Phi) is 7.60. The molecule has 0 radical (unpaired) electrons. The summed E-state index contributed by atoms with van der Waals surface area (Å²) in [6.45, 7) is 11.5. The van der Waals surface area contributed by atoms with Crippen LogP contribution in [0, 0.1) is 0 Å². The lowest BCUT2D eigenvalue weighted by atomic mass is 9.97. The van der Waals surface area contributed by atoms with E-state index >= 15 is 0 Å². The zero-order chi connectivity index (χ0) is 22.4. The fraction of sp³-hybridized carbons (Fsp3) is 0.500. The molecule has 0 aliphatic heterocycles. The lowest BCUT2D eigenvalue weighted by Crippen LogP contribution is -2.34. The lowest BCUT2D eigenvalue weighted by Gasteiger charge is -2.19. The Bertz CT molecular complexity index is 865. The van der Waals surface area contributed by atoms with Crippen molar-refractivity contribution in [2.45, 2.75) is 71.6 Å². The zero-order valence-corrected chi connectivity index (χ0v) is 19.5. The van der Waals surface area contributed by atoms with Gasteiger partial charge in [0, 0.05) is 12.6 Å². The highest BCUT2D eigenvalue weighted by Gasteiger charge is 2.20. The van der Waals surface area contributed by atoms with E-state index in [4.69, 9.17) is 9.47 Å². The van der Waals surface area contributed by atoms with Crippen molar-refractivity contribution in [1.82, 2.24) is 10.6 Å². The van der Waals surface area contributed by atoms with Gasteiger partial charge in [0.05, 0.1) is 6.54 Å². The molecule has 0 bridgehead atoms. The lowest BCUT2D eigenvalue weighted by molar-refractivity contribution is 0.0520. The SMILES string of the molecule is CC(C)c1ccc(-c2cc(CNC3CC3)cc(OCCNC(=O)OC(C)(C)C)c2)cc1. The van der Waals surface area contributed by atoms with Crippen molar-refractivity contribution in [2.24, 2.45) is 0 Å². The Morgan fingerprint density at radius 1 is 1.06 bits per heavy atom. The fourth-order valence-electron chi connectivity index (χ4n) is 3.26. The monoisotopic (exact) mass is 424 g/mol. The largest absolute Gasteiger partial charge is 0.492 e. The van der Waals surface area contributed by atoms with Gasteiger partial charge in [-0.15, -0.1) is 0 Å². The molecule has 1 saturated carbocycles. The fourth-order valence-corrected chi connectivity index (χ4v) is 3.26. The minimum Gasteiger partial charge on any atom is -0.492 e. The van der Waals surface area contributed by atoms with E-state index < -0.39 is 11.7 Å². The van der Waals surface area contributed by atoms with E-state index in [1.165, 1.54) is 29.5 Å². The van der Waals surface area contributed by atoms with Gasteiger partial charge in [-0.05, 0) is 80.0 Å². The number of rotatable bonds is 9. The molecule has 1 amide bonds. The predicted molar refractivity (Wildman–Crippen MR) is 126 cm³/mol. The maximum atomic E-state index is 11.8. The van der Waals surface area contributed by atoms with Crippen LogP contribution in [0.5, 0.6) is 5.75 Å². The van der Waals surface area contributed by atoms with Crippen molar-refractivity contribution in [1.29, 1.82) is 0 Å². The maximum Gasteiger partial charge on any atom is 0.407 e. The van der Waals surface area contributed by atoms with Crippen molar-refractivity contribution >= 4 is 6.09 Å². The number of ether oxygens (including phenoxy) is 2. The first-order valence-electron chi connectivity index (χ1n) is 11.3. The Morgan fingerprint density at radius 2 is 1.77 bits per heavy atom. The molecular weight excluding hydrogens is 388 g/mol. The Morgan fingerprint density at radius 3 is 2.39 bits per heavy atom. The minimum absolute atomic E-state index is 0.379. The van der Waals surface area contributed by atoms with Gasteiger partial charge in [0.25, 0.3) is 0 Å². The van der Waals surface area contributed by atoms with E-state index in [0.29, 0.717) is 25.1 Å². The van der Waals surface area contributed by atoms with Crippen molar-refractivity contribution < 1.29 is 14.3 Å². The zero-order valence-electron chi connectivity index (χ0n) is 19.5. The number of carbonyl (C=O) groups is 1. The minimum atomic E-state index is -0.506. The topological polar surface area (TPSA) is 59.6 Å². The van der Waals surface area contributed by atoms with Crippen LogP contribution in [-0.2, 0) is 11.3 Å². The third-order valence-electron chi connectivity index (χ3n) is 5.09. The van der Waals surface area contributed by atoms with Gasteiger partial charge < -0.3 is 20.1 Å². The summed E-state index contributed by atoms with van der Waals surface area (Å²) >= 11 is 0. The van der Waals surface area contributed by atoms with Gasteiger partial charge in [-0.1, -0.05) is 38.1 Å². The van der Waals surface area contributed by atoms with Gasteiger partial charge in [-0.25, -0.2) is 4.79 Å². The van der Waals surface area contributed by atoms with E-state index in [9.17, 15) is 4.79 Å². The third-order valence-corrected chi connectivity index (χ3v) is 5.09. The molecule has 0 aromatic heterocycles. The number of hydrogen-bond donors (Lipinski definition) is 2. The van der Waals surface area contributed by atoms with E-state index in [1.54, 1.807) is 0 Å². The molecule has 1 fully saturated rings. The molecule has 2 aromatic rings. The first kappa shape index (κ1) is 23.1. The summed E-state index contributed by atoms with van der Waals surface area (Å²) in [4.78, 5) is 11.8. The van der Waals surface area contributed by atoms with Crippen molar-refractivity contribution in [3.8, 4) is 16.9 Å². The Labute approximate surface area is 186 Å². The molecule has 1 aliphatic carbocycles. The number of nitrogens with one attached hydrogen (secondary N) is 2. The molecule has 1 aliphatic rings. The highest BCUT2D eigenvalue weighted by molar-refractivity contribution is 5.68. The van der Waals surface area contributed by atoms with Crippen LogP contribution in [0.15, 0.2) is 42.5 Å². The number of benzene rings is 2. The summed E-state index contributed by atoms with van der Waals surface area (Å²) in [7, 11) is 0. The highest BCUT2D eigenvalue weighted by atomic mass is 16.6. The molecule has 31 heavy (non-hydrogen) atoms. The summed E-state index contributed by atoms with van der Waals surface area (Å²) in [5.41, 5.74) is 4.34. The average molecular weight is 425 g/mol. The molecule has 2 aromatic carbocycles. The third kappa shape index (κ3) is 7.91. The molecule has 0 unspecified atom stereocenters. The van der Waals surface area contributed by atoms with Gasteiger partial charge in [0.1, 0.15) is 18.0 Å². The molecule has 168 valence electrons. The summed E-state index contributed by atoms with van der Waals surface area (Å²) in [6.07, 6.45) is 2.09. The van der Waals surface area contributed by atoms with Crippen LogP contribution >= 0.6 is 0 Å². The van der Waals surface area contributed by atoms with Crippen LogP contribution < -0.4 is 15.4 Å². The van der Waals surface area contributed by atoms with Crippen LogP contribution in [0.2, 0.25) is 0 Å². The first-order valence-corrected chi connectivity index (χ1v) is 11.3. The average Bonchev–Trinajstić information content (AvgIpc) is 3.53. The highest BCUT2D eigenvalue weighted by Crippen LogP contribution is 2.28. The number of carbonyl (C=O) groups excluding carboxylic acids is 1. The molecule has 0 atom stereocenters. The van der Waals surface area contributed by atoms with Gasteiger partial charge >= 0.3 is 6.09 Å². The normalized spacial score (nSPS) is 13.9. The molecule has 5 heteroatoms. The maximum absolute atomic E-state index is 11.8. The second-order valence-corrected chi connectivity index (χ2v) is 9.57. The van der Waals surface area contributed by atoms with Gasteiger partial charge in [0.15, 0.2) is 0 Å². The Hall–Kier alpha value is -2.53. The number of hydrogen-bond acceptors (Lipinski definition) is 4. The van der Waals surface area contributed by atoms with Crippen molar-refractivity contribution in [2.75, 3.05) is 13.2 Å². The summed E-state index contributed by atoms with van der Waals surface area (Å²) in [6, 6.07) is 15.8. The Balaban J connectivity index is 1.66. The second kappa shape index (κ2) is 10.2. The molecule has 2 N–H and O–H groups in total. The van der Waals surface area contributed by atoms with E-state index in [-0.39, 0.29) is 0 Å². The number of amides is 1. The van der Waals surface area contributed by atoms with Gasteiger partial charge in [-0.2, -0.15) is 0 Å². The summed E-state index contributed by atoms with van der Waals surface area (Å²) in [5, 5.41) is 6.31. The standard InChI is InChI=1S/C26H36N2O3/c1-18(2)20-6-8-21(9-7-20)22-14-19(17-28-23-10-11-23)15-24(16-22)30-13-12-27-25(29)31-26(3,4)5/h6-9,14-16,18,23,28H,10-13,17H2,1-5H3,(H,27,29). The first-order chi connectivity index (χ1) is 14.7. The van der Waals surface area contributed by atoms with Gasteiger partial charge in [-0.3, -0.25) is 0 Å². The van der Waals surface area contributed by atoms with Crippen LogP contribution in [-0.4, -0.2) is 30.9 Å². The van der Waals surface area contributed by atoms with Crippen LogP contribution in [0.3, 0.4) is 0 Å². The summed E-state index contributed by atoms with van der Waals surface area (Å²) in [5.74, 6) is 1.32. The molecular formula is C26H36N2O3. The van der Waals surface area contributed by atoms with Crippen LogP contribution in [0.25, 0.3) is 11.1 Å². The summed E-state index contributed by atoms with van der Waals surface area (Å²) < 4.78 is 11.2. The molecule has 0 heterocycles. The molecule has 5 nitrogen and oxygen atoms in total. The van der Waals surface area contributed by atoms with Crippen LogP contribution in [0.4, 0.5) is 4.79 Å². The number of alkyl carbamates (subject to hydrolysis) is 1. The smallest absolute Gasteiger partial charge is 0.407 e.